The van der Waals surface area contributed by atoms with Crippen LogP contribution in [0.1, 0.15) is 35.1 Å². The number of benzene rings is 2. The van der Waals surface area contributed by atoms with E-state index in [-0.39, 0.29) is 6.42 Å². The molecule has 0 aliphatic heterocycles. The van der Waals surface area contributed by atoms with Crippen molar-refractivity contribution >= 4 is 23.7 Å². The molecule has 0 unspecified atom stereocenters. The van der Waals surface area contributed by atoms with Crippen LogP contribution in [0.4, 0.5) is 0 Å². The van der Waals surface area contributed by atoms with Crippen molar-refractivity contribution in [2.45, 2.75) is 12.8 Å². The van der Waals surface area contributed by atoms with Crippen LogP contribution in [0.15, 0.2) is 54.6 Å². The van der Waals surface area contributed by atoms with Crippen LogP contribution in [0.25, 0.3) is 17.7 Å². The van der Waals surface area contributed by atoms with Crippen LogP contribution in [0.5, 0.6) is 0 Å². The van der Waals surface area contributed by atoms with Gasteiger partial charge in [0.25, 0.3) is 0 Å². The second-order valence-electron chi connectivity index (χ2n) is 6.36. The molecule has 0 saturated carbocycles. The van der Waals surface area contributed by atoms with Crippen molar-refractivity contribution in [1.29, 1.82) is 0 Å². The maximum absolute atomic E-state index is 10.7. The lowest BCUT2D eigenvalue weighted by Crippen LogP contribution is -2.22. The van der Waals surface area contributed by atoms with Gasteiger partial charge in [0.2, 0.25) is 0 Å². The molecule has 1 aliphatic carbocycles. The third kappa shape index (κ3) is 4.25. The SMILES string of the molecule is CN(CCC=C1c2ccccc2C=Cc2ccccc21)CCC(=O)O. The zero-order chi connectivity index (χ0) is 17.6. The molecule has 0 radical (unpaired) electrons. The quantitative estimate of drug-likeness (QED) is 0.727. The average molecular weight is 333 g/mol. The Morgan fingerprint density at radius 3 is 2.08 bits per heavy atom. The maximum atomic E-state index is 10.7. The number of aliphatic carboxylic acids is 1. The number of hydrogen-bond acceptors (Lipinski definition) is 2. The van der Waals surface area contributed by atoms with Crippen molar-refractivity contribution < 1.29 is 9.90 Å². The molecule has 0 saturated heterocycles. The molecule has 3 rings (SSSR count). The minimum Gasteiger partial charge on any atom is -0.481 e. The summed E-state index contributed by atoms with van der Waals surface area (Å²) in [4.78, 5) is 12.8. The molecule has 0 bridgehead atoms. The Hall–Kier alpha value is -2.65. The van der Waals surface area contributed by atoms with Crippen molar-refractivity contribution in [3.05, 3.63) is 76.9 Å². The highest BCUT2D eigenvalue weighted by Gasteiger charge is 2.14. The molecule has 1 N–H and O–H groups in total. The molecular weight excluding hydrogens is 310 g/mol. The molecule has 0 amide bonds. The zero-order valence-corrected chi connectivity index (χ0v) is 14.5. The first-order valence-electron chi connectivity index (χ1n) is 8.62. The summed E-state index contributed by atoms with van der Waals surface area (Å²) in [6.45, 7) is 1.42. The fourth-order valence-electron chi connectivity index (χ4n) is 3.15. The van der Waals surface area contributed by atoms with Gasteiger partial charge in [0.05, 0.1) is 6.42 Å². The molecule has 0 aromatic heterocycles. The molecule has 3 heteroatoms. The molecule has 0 spiro atoms. The fourth-order valence-corrected chi connectivity index (χ4v) is 3.15. The second kappa shape index (κ2) is 7.95. The van der Waals surface area contributed by atoms with E-state index in [9.17, 15) is 4.79 Å². The van der Waals surface area contributed by atoms with E-state index in [4.69, 9.17) is 5.11 Å². The predicted octanol–water partition coefficient (Wildman–Crippen LogP) is 4.40. The Bertz CT molecular complexity index is 769. The van der Waals surface area contributed by atoms with Crippen LogP contribution in [-0.2, 0) is 4.79 Å². The Labute approximate surface area is 148 Å². The molecular formula is C22H23NO2. The van der Waals surface area contributed by atoms with Gasteiger partial charge in [-0.15, -0.1) is 0 Å². The van der Waals surface area contributed by atoms with E-state index < -0.39 is 5.97 Å². The molecule has 0 fully saturated rings. The zero-order valence-electron chi connectivity index (χ0n) is 14.5. The molecule has 25 heavy (non-hydrogen) atoms. The van der Waals surface area contributed by atoms with Gasteiger partial charge in [-0.05, 0) is 41.3 Å². The molecule has 2 aromatic rings. The molecule has 0 heterocycles. The summed E-state index contributed by atoms with van der Waals surface area (Å²) >= 11 is 0. The van der Waals surface area contributed by atoms with Crippen LogP contribution < -0.4 is 0 Å². The van der Waals surface area contributed by atoms with Crippen LogP contribution >= 0.6 is 0 Å². The van der Waals surface area contributed by atoms with Gasteiger partial charge in [-0.1, -0.05) is 66.8 Å². The summed E-state index contributed by atoms with van der Waals surface area (Å²) < 4.78 is 0. The number of hydrogen-bond donors (Lipinski definition) is 1. The first-order valence-corrected chi connectivity index (χ1v) is 8.62. The highest BCUT2D eigenvalue weighted by atomic mass is 16.4. The van der Waals surface area contributed by atoms with Crippen molar-refractivity contribution in [2.75, 3.05) is 20.1 Å². The van der Waals surface area contributed by atoms with Gasteiger partial charge in [0.15, 0.2) is 0 Å². The van der Waals surface area contributed by atoms with E-state index in [0.717, 1.165) is 13.0 Å². The normalized spacial score (nSPS) is 12.5. The number of carbonyl (C=O) groups is 1. The van der Waals surface area contributed by atoms with E-state index in [1.807, 2.05) is 7.05 Å². The number of carboxylic acids is 1. The van der Waals surface area contributed by atoms with Crippen molar-refractivity contribution in [2.24, 2.45) is 0 Å². The molecule has 0 atom stereocenters. The smallest absolute Gasteiger partial charge is 0.304 e. The van der Waals surface area contributed by atoms with Gasteiger partial charge < -0.3 is 10.0 Å². The first kappa shape index (κ1) is 17.2. The molecule has 1 aliphatic rings. The third-order valence-corrected chi connectivity index (χ3v) is 4.51. The highest BCUT2D eigenvalue weighted by molar-refractivity contribution is 5.93. The molecule has 128 valence electrons. The minimum absolute atomic E-state index is 0.183. The summed E-state index contributed by atoms with van der Waals surface area (Å²) in [5.74, 6) is -0.747. The maximum Gasteiger partial charge on any atom is 0.304 e. The number of rotatable bonds is 6. The molecule has 2 aromatic carbocycles. The van der Waals surface area contributed by atoms with Gasteiger partial charge >= 0.3 is 5.97 Å². The summed E-state index contributed by atoms with van der Waals surface area (Å²) in [6.07, 6.45) is 7.70. The van der Waals surface area contributed by atoms with Crippen molar-refractivity contribution in [1.82, 2.24) is 4.90 Å². The predicted molar refractivity (Wildman–Crippen MR) is 103 cm³/mol. The van der Waals surface area contributed by atoms with Gasteiger partial charge in [0, 0.05) is 13.1 Å². The third-order valence-electron chi connectivity index (χ3n) is 4.51. The minimum atomic E-state index is -0.747. The van der Waals surface area contributed by atoms with E-state index in [1.165, 1.54) is 27.8 Å². The summed E-state index contributed by atoms with van der Waals surface area (Å²) in [5, 5.41) is 8.80. The van der Waals surface area contributed by atoms with E-state index in [2.05, 4.69) is 71.7 Å². The van der Waals surface area contributed by atoms with Crippen LogP contribution in [0.2, 0.25) is 0 Å². The molecule has 3 nitrogen and oxygen atoms in total. The number of fused-ring (bicyclic) bond motifs is 2. The Morgan fingerprint density at radius 1 is 0.960 bits per heavy atom. The fraction of sp³-hybridized carbons (Fsp3) is 0.227. The van der Waals surface area contributed by atoms with E-state index in [0.29, 0.717) is 6.54 Å². The lowest BCUT2D eigenvalue weighted by atomic mass is 9.93. The Kier molecular flexibility index (Phi) is 5.46. The number of carboxylic acid groups (broad SMARTS) is 1. The lowest BCUT2D eigenvalue weighted by molar-refractivity contribution is -0.137. The van der Waals surface area contributed by atoms with Crippen LogP contribution in [-0.4, -0.2) is 36.1 Å². The Balaban J connectivity index is 1.84. The standard InChI is InChI=1S/C22H23NO2/c1-23(16-14-22(24)25)15-6-11-21-19-9-4-2-7-17(19)12-13-18-8-3-5-10-20(18)21/h2-5,7-13H,6,14-16H2,1H3,(H,24,25). The van der Waals surface area contributed by atoms with Crippen LogP contribution in [0.3, 0.4) is 0 Å². The van der Waals surface area contributed by atoms with Gasteiger partial charge in [-0.25, -0.2) is 0 Å². The first-order chi connectivity index (χ1) is 12.1. The average Bonchev–Trinajstić information content (AvgIpc) is 2.78. The lowest BCUT2D eigenvalue weighted by Gasteiger charge is -2.16. The van der Waals surface area contributed by atoms with Gasteiger partial charge in [-0.3, -0.25) is 4.79 Å². The van der Waals surface area contributed by atoms with E-state index >= 15 is 0 Å². The second-order valence-corrected chi connectivity index (χ2v) is 6.36. The summed E-state index contributed by atoms with van der Waals surface area (Å²) in [5.41, 5.74) is 6.20. The van der Waals surface area contributed by atoms with Gasteiger partial charge in [0.1, 0.15) is 0 Å². The van der Waals surface area contributed by atoms with Crippen molar-refractivity contribution in [3.63, 3.8) is 0 Å². The van der Waals surface area contributed by atoms with Crippen molar-refractivity contribution in [3.8, 4) is 0 Å². The highest BCUT2D eigenvalue weighted by Crippen LogP contribution is 2.33. The topological polar surface area (TPSA) is 40.5 Å². The summed E-state index contributed by atoms with van der Waals surface area (Å²) in [7, 11) is 1.97. The monoisotopic (exact) mass is 333 g/mol. The number of nitrogens with zero attached hydrogens (tertiary/aromatic N) is 1. The summed E-state index contributed by atoms with van der Waals surface area (Å²) in [6, 6.07) is 16.9. The van der Waals surface area contributed by atoms with E-state index in [1.54, 1.807) is 0 Å². The largest absolute Gasteiger partial charge is 0.481 e. The Morgan fingerprint density at radius 2 is 1.52 bits per heavy atom. The van der Waals surface area contributed by atoms with Crippen LogP contribution in [0, 0.1) is 0 Å². The van der Waals surface area contributed by atoms with Gasteiger partial charge in [-0.2, -0.15) is 0 Å².